The van der Waals surface area contributed by atoms with Gasteiger partial charge in [-0.3, -0.25) is 4.79 Å². The molecule has 0 spiro atoms. The van der Waals surface area contributed by atoms with Gasteiger partial charge in [-0.2, -0.15) is 0 Å². The van der Waals surface area contributed by atoms with Crippen molar-refractivity contribution >= 4 is 44.9 Å². The summed E-state index contributed by atoms with van der Waals surface area (Å²) in [6, 6.07) is 2.70. The number of rotatable bonds is 2. The largest absolute Gasteiger partial charge is 0.293 e. The third kappa shape index (κ3) is 2.22. The second kappa shape index (κ2) is 4.40. The summed E-state index contributed by atoms with van der Waals surface area (Å²) in [5, 5.41) is -0.0548. The highest BCUT2D eigenvalue weighted by atomic mass is 79.9. The molecule has 0 aliphatic carbocycles. The molecule has 1 aromatic rings. The summed E-state index contributed by atoms with van der Waals surface area (Å²) in [6.07, 6.45) is 0. The zero-order valence-corrected chi connectivity index (χ0v) is 9.38. The summed E-state index contributed by atoms with van der Waals surface area (Å²) >= 11 is 14.0. The van der Waals surface area contributed by atoms with Crippen molar-refractivity contribution in [1.29, 1.82) is 0 Å². The Hall–Kier alpha value is -0.120. The highest BCUT2D eigenvalue weighted by Crippen LogP contribution is 2.27. The van der Waals surface area contributed by atoms with Gasteiger partial charge in [0, 0.05) is 0 Å². The standard InChI is InChI=1S/C8H4BrCl2FO/c9-3-6(13)4-1-2-5(10)7(11)8(4)12/h1-2H,3H2. The normalized spacial score (nSPS) is 10.2. The van der Waals surface area contributed by atoms with E-state index >= 15 is 0 Å². The minimum Gasteiger partial charge on any atom is -0.293 e. The summed E-state index contributed by atoms with van der Waals surface area (Å²) in [5.41, 5.74) is -0.0497. The fraction of sp³-hybridized carbons (Fsp3) is 0.125. The lowest BCUT2D eigenvalue weighted by Crippen LogP contribution is -2.03. The van der Waals surface area contributed by atoms with Gasteiger partial charge in [-0.15, -0.1) is 0 Å². The van der Waals surface area contributed by atoms with Gasteiger partial charge in [-0.1, -0.05) is 39.1 Å². The summed E-state index contributed by atoms with van der Waals surface area (Å²) < 4.78 is 13.2. The maximum absolute atomic E-state index is 13.2. The van der Waals surface area contributed by atoms with Gasteiger partial charge in [-0.05, 0) is 12.1 Å². The number of carbonyl (C=O) groups is 1. The Labute approximate surface area is 93.0 Å². The monoisotopic (exact) mass is 284 g/mol. The number of hydrogen-bond donors (Lipinski definition) is 0. The van der Waals surface area contributed by atoms with E-state index in [2.05, 4.69) is 15.9 Å². The Morgan fingerprint density at radius 2 is 2.08 bits per heavy atom. The smallest absolute Gasteiger partial charge is 0.176 e. The van der Waals surface area contributed by atoms with E-state index in [0.717, 1.165) is 0 Å². The molecule has 0 aromatic heterocycles. The molecule has 5 heteroatoms. The van der Waals surface area contributed by atoms with Gasteiger partial charge in [0.25, 0.3) is 0 Å². The van der Waals surface area contributed by atoms with Crippen molar-refractivity contribution in [3.8, 4) is 0 Å². The van der Waals surface area contributed by atoms with Crippen LogP contribution in [0.25, 0.3) is 0 Å². The predicted molar refractivity (Wildman–Crippen MR) is 54.5 cm³/mol. The Morgan fingerprint density at radius 3 is 2.62 bits per heavy atom. The van der Waals surface area contributed by atoms with Gasteiger partial charge in [0.2, 0.25) is 0 Å². The summed E-state index contributed by atoms with van der Waals surface area (Å²) in [6.45, 7) is 0. The van der Waals surface area contributed by atoms with Crippen molar-refractivity contribution in [2.24, 2.45) is 0 Å². The van der Waals surface area contributed by atoms with Crippen molar-refractivity contribution in [2.45, 2.75) is 0 Å². The third-order valence-corrected chi connectivity index (χ3v) is 2.75. The Kier molecular flexibility index (Phi) is 3.71. The van der Waals surface area contributed by atoms with Crippen molar-refractivity contribution in [1.82, 2.24) is 0 Å². The molecule has 0 atom stereocenters. The number of alkyl halides is 1. The van der Waals surface area contributed by atoms with Crippen molar-refractivity contribution < 1.29 is 9.18 Å². The molecule has 0 unspecified atom stereocenters. The summed E-state index contributed by atoms with van der Waals surface area (Å²) in [7, 11) is 0. The molecule has 1 rings (SSSR count). The van der Waals surface area contributed by atoms with Crippen LogP contribution < -0.4 is 0 Å². The lowest BCUT2D eigenvalue weighted by molar-refractivity contribution is 0.102. The Balaban J connectivity index is 3.26. The van der Waals surface area contributed by atoms with E-state index in [1.165, 1.54) is 12.1 Å². The molecular weight excluding hydrogens is 282 g/mol. The van der Waals surface area contributed by atoms with Gasteiger partial charge in [0.05, 0.1) is 20.9 Å². The second-order valence-electron chi connectivity index (χ2n) is 2.28. The quantitative estimate of drug-likeness (QED) is 0.460. The maximum Gasteiger partial charge on any atom is 0.176 e. The molecule has 0 heterocycles. The highest BCUT2D eigenvalue weighted by molar-refractivity contribution is 9.09. The molecule has 13 heavy (non-hydrogen) atoms. The average Bonchev–Trinajstić information content (AvgIpc) is 2.13. The van der Waals surface area contributed by atoms with E-state index in [0.29, 0.717) is 0 Å². The topological polar surface area (TPSA) is 17.1 Å². The van der Waals surface area contributed by atoms with Crippen LogP contribution in [0.1, 0.15) is 10.4 Å². The van der Waals surface area contributed by atoms with Crippen molar-refractivity contribution in [3.05, 3.63) is 33.6 Å². The van der Waals surface area contributed by atoms with E-state index in [1.807, 2.05) is 0 Å². The molecule has 0 aliphatic heterocycles. The molecule has 0 fully saturated rings. The number of carbonyl (C=O) groups excluding carboxylic acids is 1. The molecule has 0 amide bonds. The van der Waals surface area contributed by atoms with Gasteiger partial charge >= 0.3 is 0 Å². The van der Waals surface area contributed by atoms with E-state index < -0.39 is 5.82 Å². The second-order valence-corrected chi connectivity index (χ2v) is 3.63. The summed E-state index contributed by atoms with van der Waals surface area (Å²) in [4.78, 5) is 11.1. The first-order valence-electron chi connectivity index (χ1n) is 3.30. The van der Waals surface area contributed by atoms with Crippen LogP contribution in [0.5, 0.6) is 0 Å². The van der Waals surface area contributed by atoms with Crippen LogP contribution in [0.4, 0.5) is 4.39 Å². The number of ketones is 1. The van der Waals surface area contributed by atoms with E-state index in [1.54, 1.807) is 0 Å². The van der Waals surface area contributed by atoms with Gasteiger partial charge in [0.1, 0.15) is 0 Å². The highest BCUT2D eigenvalue weighted by Gasteiger charge is 2.15. The molecule has 0 saturated carbocycles. The Bertz CT molecular complexity index is 354. The molecular formula is C8H4BrCl2FO. The SMILES string of the molecule is O=C(CBr)c1ccc(Cl)c(Cl)c1F. The fourth-order valence-electron chi connectivity index (χ4n) is 0.813. The minimum atomic E-state index is -0.765. The van der Waals surface area contributed by atoms with Crippen LogP contribution in [-0.2, 0) is 0 Å². The van der Waals surface area contributed by atoms with Gasteiger partial charge in [0.15, 0.2) is 11.6 Å². The minimum absolute atomic E-state index is 0.0497. The lowest BCUT2D eigenvalue weighted by atomic mass is 10.1. The number of hydrogen-bond acceptors (Lipinski definition) is 1. The van der Waals surface area contributed by atoms with Gasteiger partial charge in [-0.25, -0.2) is 4.39 Å². The first kappa shape index (κ1) is 11.0. The molecule has 1 aromatic carbocycles. The molecule has 0 aliphatic rings. The molecule has 0 saturated heterocycles. The fourth-order valence-corrected chi connectivity index (χ4v) is 1.43. The van der Waals surface area contributed by atoms with Crippen LogP contribution >= 0.6 is 39.1 Å². The first-order valence-corrected chi connectivity index (χ1v) is 5.18. The molecule has 0 radical (unpaired) electrons. The van der Waals surface area contributed by atoms with E-state index in [4.69, 9.17) is 23.2 Å². The first-order chi connectivity index (χ1) is 6.07. The number of halogens is 4. The average molecular weight is 286 g/mol. The van der Waals surface area contributed by atoms with Crippen LogP contribution in [0.2, 0.25) is 10.0 Å². The molecule has 70 valence electrons. The number of benzene rings is 1. The maximum atomic E-state index is 13.2. The van der Waals surface area contributed by atoms with E-state index in [-0.39, 0.29) is 26.7 Å². The van der Waals surface area contributed by atoms with Crippen molar-refractivity contribution in [2.75, 3.05) is 5.33 Å². The predicted octanol–water partition coefficient (Wildman–Crippen LogP) is 3.71. The molecule has 0 bridgehead atoms. The van der Waals surface area contributed by atoms with Crippen LogP contribution in [0, 0.1) is 5.82 Å². The van der Waals surface area contributed by atoms with Crippen LogP contribution in [0.15, 0.2) is 12.1 Å². The number of Topliss-reactive ketones (excluding diaryl/α,β-unsaturated/α-hetero) is 1. The van der Waals surface area contributed by atoms with Crippen LogP contribution in [0.3, 0.4) is 0 Å². The zero-order valence-electron chi connectivity index (χ0n) is 6.28. The third-order valence-electron chi connectivity index (χ3n) is 1.46. The molecule has 1 nitrogen and oxygen atoms in total. The van der Waals surface area contributed by atoms with E-state index in [9.17, 15) is 9.18 Å². The Morgan fingerprint density at radius 1 is 1.46 bits per heavy atom. The zero-order chi connectivity index (χ0) is 10.0. The van der Waals surface area contributed by atoms with Gasteiger partial charge < -0.3 is 0 Å². The molecule has 0 N–H and O–H groups in total. The van der Waals surface area contributed by atoms with Crippen molar-refractivity contribution in [3.63, 3.8) is 0 Å². The summed E-state index contributed by atoms with van der Waals surface area (Å²) in [5.74, 6) is -1.13. The lowest BCUT2D eigenvalue weighted by Gasteiger charge is -2.02. The van der Waals surface area contributed by atoms with Crippen LogP contribution in [-0.4, -0.2) is 11.1 Å².